The highest BCUT2D eigenvalue weighted by Gasteiger charge is 2.27. The van der Waals surface area contributed by atoms with Gasteiger partial charge in [-0.15, -0.1) is 0 Å². The maximum atomic E-state index is 9.44. The molecular formula is C17H26N2O2. The molecule has 0 heterocycles. The molecule has 0 saturated heterocycles. The van der Waals surface area contributed by atoms with E-state index in [4.69, 9.17) is 9.47 Å². The fourth-order valence-corrected chi connectivity index (χ4v) is 2.33. The molecule has 0 aliphatic heterocycles. The number of nitrogens with zero attached hydrogens (tertiary/aromatic N) is 1. The molecule has 1 unspecified atom stereocenters. The summed E-state index contributed by atoms with van der Waals surface area (Å²) in [4.78, 5) is 0. The molecule has 0 aliphatic carbocycles. The van der Waals surface area contributed by atoms with E-state index in [1.54, 1.807) is 7.11 Å². The lowest BCUT2D eigenvalue weighted by atomic mass is 9.91. The Balaban J connectivity index is 2.46. The highest BCUT2D eigenvalue weighted by atomic mass is 16.5. The number of ether oxygens (including phenoxy) is 2. The van der Waals surface area contributed by atoms with Crippen LogP contribution in [0.1, 0.15) is 40.0 Å². The van der Waals surface area contributed by atoms with Crippen LogP contribution in [-0.4, -0.2) is 25.3 Å². The molecule has 0 saturated carbocycles. The van der Waals surface area contributed by atoms with Crippen LogP contribution in [0, 0.1) is 11.3 Å². The van der Waals surface area contributed by atoms with Crippen molar-refractivity contribution in [2.75, 3.05) is 13.7 Å². The van der Waals surface area contributed by atoms with Gasteiger partial charge in [-0.25, -0.2) is 0 Å². The molecule has 0 amide bonds. The lowest BCUT2D eigenvalue weighted by Gasteiger charge is -2.29. The van der Waals surface area contributed by atoms with E-state index >= 15 is 0 Å². The molecule has 0 fully saturated rings. The molecule has 0 radical (unpaired) electrons. The first kappa shape index (κ1) is 17.3. The lowest BCUT2D eigenvalue weighted by molar-refractivity contribution is 0.268. The number of nitriles is 1. The number of benzene rings is 1. The predicted octanol–water partition coefficient (Wildman–Crippen LogP) is 3.52. The minimum absolute atomic E-state index is 0.295. The molecule has 1 N–H and O–H groups in total. The summed E-state index contributed by atoms with van der Waals surface area (Å²) in [7, 11) is 1.64. The van der Waals surface area contributed by atoms with Crippen molar-refractivity contribution in [2.24, 2.45) is 0 Å². The van der Waals surface area contributed by atoms with Gasteiger partial charge >= 0.3 is 0 Å². The fraction of sp³-hybridized carbons (Fsp3) is 0.588. The van der Waals surface area contributed by atoms with Crippen LogP contribution in [0.25, 0.3) is 0 Å². The minimum Gasteiger partial charge on any atom is -0.497 e. The Morgan fingerprint density at radius 3 is 2.62 bits per heavy atom. The van der Waals surface area contributed by atoms with E-state index in [9.17, 15) is 5.26 Å². The quantitative estimate of drug-likeness (QED) is 0.707. The fourth-order valence-electron chi connectivity index (χ4n) is 2.33. The molecule has 4 heteroatoms. The van der Waals surface area contributed by atoms with Gasteiger partial charge in [-0.2, -0.15) is 5.26 Å². The monoisotopic (exact) mass is 290 g/mol. The van der Waals surface area contributed by atoms with Crippen molar-refractivity contribution in [2.45, 2.75) is 51.6 Å². The summed E-state index contributed by atoms with van der Waals surface area (Å²) in [6.45, 7) is 6.76. The number of nitrogens with one attached hydrogen (secondary N) is 1. The number of hydrogen-bond acceptors (Lipinski definition) is 4. The van der Waals surface area contributed by atoms with Gasteiger partial charge in [0.05, 0.1) is 19.8 Å². The molecule has 1 rings (SSSR count). The van der Waals surface area contributed by atoms with Gasteiger partial charge in [0.15, 0.2) is 0 Å². The molecule has 21 heavy (non-hydrogen) atoms. The largest absolute Gasteiger partial charge is 0.497 e. The molecular weight excluding hydrogens is 264 g/mol. The normalized spacial score (nSPS) is 13.5. The summed E-state index contributed by atoms with van der Waals surface area (Å²) in [5.41, 5.74) is -0.452. The van der Waals surface area contributed by atoms with Crippen molar-refractivity contribution >= 4 is 0 Å². The van der Waals surface area contributed by atoms with Crippen molar-refractivity contribution < 1.29 is 9.47 Å². The van der Waals surface area contributed by atoms with Crippen LogP contribution in [0.5, 0.6) is 11.5 Å². The average molecular weight is 290 g/mol. The summed E-state index contributed by atoms with van der Waals surface area (Å²) in [6, 6.07) is 10.3. The molecule has 0 bridgehead atoms. The Morgan fingerprint density at radius 1 is 1.33 bits per heavy atom. The zero-order valence-electron chi connectivity index (χ0n) is 13.5. The SMILES string of the molecule is CCC(C#N)(CCCOc1cccc(OC)c1)NC(C)C. The van der Waals surface area contributed by atoms with E-state index in [0.717, 1.165) is 30.8 Å². The van der Waals surface area contributed by atoms with Crippen molar-refractivity contribution in [3.05, 3.63) is 24.3 Å². The second kappa shape index (κ2) is 8.53. The Morgan fingerprint density at radius 2 is 2.05 bits per heavy atom. The molecule has 1 aromatic carbocycles. The van der Waals surface area contributed by atoms with Gasteiger partial charge in [0.1, 0.15) is 17.0 Å². The third-order valence-corrected chi connectivity index (χ3v) is 3.44. The molecule has 0 spiro atoms. The predicted molar refractivity (Wildman–Crippen MR) is 84.6 cm³/mol. The van der Waals surface area contributed by atoms with Gasteiger partial charge in [0.2, 0.25) is 0 Å². The van der Waals surface area contributed by atoms with Crippen LogP contribution in [0.15, 0.2) is 24.3 Å². The molecule has 0 aliphatic rings. The number of methoxy groups -OCH3 is 1. The van der Waals surface area contributed by atoms with Crippen LogP contribution < -0.4 is 14.8 Å². The van der Waals surface area contributed by atoms with E-state index in [0.29, 0.717) is 12.6 Å². The summed E-state index contributed by atoms with van der Waals surface area (Å²) >= 11 is 0. The number of hydrogen-bond donors (Lipinski definition) is 1. The molecule has 116 valence electrons. The lowest BCUT2D eigenvalue weighted by Crippen LogP contribution is -2.47. The van der Waals surface area contributed by atoms with Gasteiger partial charge in [-0.05, 0) is 45.2 Å². The molecule has 1 atom stereocenters. The first-order chi connectivity index (χ1) is 10.0. The Hall–Kier alpha value is -1.73. The minimum atomic E-state index is -0.452. The van der Waals surface area contributed by atoms with Gasteiger partial charge in [-0.3, -0.25) is 5.32 Å². The van der Waals surface area contributed by atoms with Gasteiger partial charge in [0, 0.05) is 12.1 Å². The molecule has 1 aromatic rings. The van der Waals surface area contributed by atoms with E-state index in [-0.39, 0.29) is 0 Å². The van der Waals surface area contributed by atoms with Crippen molar-refractivity contribution in [1.82, 2.24) is 5.32 Å². The first-order valence-corrected chi connectivity index (χ1v) is 7.51. The van der Waals surface area contributed by atoms with Gasteiger partial charge < -0.3 is 9.47 Å². The van der Waals surface area contributed by atoms with E-state index in [2.05, 4.69) is 25.2 Å². The van der Waals surface area contributed by atoms with Crippen LogP contribution in [0.4, 0.5) is 0 Å². The summed E-state index contributed by atoms with van der Waals surface area (Å²) in [6.07, 6.45) is 2.40. The standard InChI is InChI=1S/C17H26N2O2/c1-5-17(13-18,19-14(2)3)10-7-11-21-16-9-6-8-15(12-16)20-4/h6,8-9,12,14,19H,5,7,10-11H2,1-4H3. The van der Waals surface area contributed by atoms with Gasteiger partial charge in [0.25, 0.3) is 0 Å². The van der Waals surface area contributed by atoms with Crippen molar-refractivity contribution in [3.8, 4) is 17.6 Å². The Bertz CT molecular complexity index is 468. The first-order valence-electron chi connectivity index (χ1n) is 7.51. The zero-order chi connectivity index (χ0) is 15.7. The smallest absolute Gasteiger partial charge is 0.122 e. The highest BCUT2D eigenvalue weighted by Crippen LogP contribution is 2.21. The molecule has 4 nitrogen and oxygen atoms in total. The van der Waals surface area contributed by atoms with Crippen molar-refractivity contribution in [3.63, 3.8) is 0 Å². The van der Waals surface area contributed by atoms with Crippen LogP contribution in [0.3, 0.4) is 0 Å². The summed E-state index contributed by atoms with van der Waals surface area (Å²) in [5.74, 6) is 1.58. The summed E-state index contributed by atoms with van der Waals surface area (Å²) in [5, 5.41) is 12.8. The Kier molecular flexibility index (Phi) is 7.04. The second-order valence-electron chi connectivity index (χ2n) is 5.48. The third kappa shape index (κ3) is 5.65. The topological polar surface area (TPSA) is 54.3 Å². The second-order valence-corrected chi connectivity index (χ2v) is 5.48. The maximum Gasteiger partial charge on any atom is 0.122 e. The van der Waals surface area contributed by atoms with Crippen molar-refractivity contribution in [1.29, 1.82) is 5.26 Å². The average Bonchev–Trinajstić information content (AvgIpc) is 2.50. The zero-order valence-corrected chi connectivity index (χ0v) is 13.5. The molecule has 0 aromatic heterocycles. The van der Waals surface area contributed by atoms with Gasteiger partial charge in [-0.1, -0.05) is 13.0 Å². The highest BCUT2D eigenvalue weighted by molar-refractivity contribution is 5.32. The Labute approximate surface area is 128 Å². The van der Waals surface area contributed by atoms with Crippen LogP contribution in [-0.2, 0) is 0 Å². The summed E-state index contributed by atoms with van der Waals surface area (Å²) < 4.78 is 10.9. The number of rotatable bonds is 9. The van der Waals surface area contributed by atoms with Crippen LogP contribution >= 0.6 is 0 Å². The van der Waals surface area contributed by atoms with E-state index in [1.807, 2.05) is 31.2 Å². The van der Waals surface area contributed by atoms with E-state index in [1.165, 1.54) is 0 Å². The maximum absolute atomic E-state index is 9.44. The van der Waals surface area contributed by atoms with E-state index < -0.39 is 5.54 Å². The van der Waals surface area contributed by atoms with Crippen LogP contribution in [0.2, 0.25) is 0 Å². The third-order valence-electron chi connectivity index (χ3n) is 3.44.